The Kier molecular flexibility index (Phi) is 6.29. The molecule has 0 amide bonds. The summed E-state index contributed by atoms with van der Waals surface area (Å²) in [5, 5.41) is 15.0. The minimum atomic E-state index is -0.666. The van der Waals surface area contributed by atoms with E-state index in [2.05, 4.69) is 35.6 Å². The molecule has 0 radical (unpaired) electrons. The van der Waals surface area contributed by atoms with Gasteiger partial charge in [0.15, 0.2) is 23.2 Å². The standard InChI is InChI=1S/C18H20FN7O3/c1-10(27)5-23-18-24-9-13(19)16(26-18)25-14-4-11(6-22-17(14)29-3)15-20-7-12(28-2)8-21-15/h4,6-10,27H,5H2,1-3H3,(H2,23,24,25,26)/t10-/m1/s1. The van der Waals surface area contributed by atoms with Crippen LogP contribution < -0.4 is 20.1 Å². The summed E-state index contributed by atoms with van der Waals surface area (Å²) < 4.78 is 24.5. The lowest BCUT2D eigenvalue weighted by Crippen LogP contribution is -2.17. The summed E-state index contributed by atoms with van der Waals surface area (Å²) in [5.74, 6) is 0.581. The Balaban J connectivity index is 1.90. The molecule has 0 fully saturated rings. The number of rotatable bonds is 8. The number of aliphatic hydroxyl groups is 1. The number of nitrogens with one attached hydrogen (secondary N) is 2. The Bertz CT molecular complexity index is 970. The maximum absolute atomic E-state index is 14.2. The summed E-state index contributed by atoms with van der Waals surface area (Å²) in [6.07, 6.45) is 5.02. The fourth-order valence-electron chi connectivity index (χ4n) is 2.30. The minimum absolute atomic E-state index is 0.0824. The number of halogens is 1. The molecule has 0 saturated carbocycles. The molecule has 3 heterocycles. The second-order valence-electron chi connectivity index (χ2n) is 5.97. The first-order valence-electron chi connectivity index (χ1n) is 8.62. The Hall–Kier alpha value is -3.60. The topological polar surface area (TPSA) is 127 Å². The summed E-state index contributed by atoms with van der Waals surface area (Å²) in [5.41, 5.74) is 0.946. The Morgan fingerprint density at radius 2 is 1.83 bits per heavy atom. The first-order valence-corrected chi connectivity index (χ1v) is 8.62. The molecule has 0 bridgehead atoms. The predicted molar refractivity (Wildman–Crippen MR) is 104 cm³/mol. The van der Waals surface area contributed by atoms with Gasteiger partial charge in [0.05, 0.1) is 38.9 Å². The van der Waals surface area contributed by atoms with E-state index >= 15 is 0 Å². The zero-order valence-corrected chi connectivity index (χ0v) is 16.0. The number of pyridine rings is 1. The van der Waals surface area contributed by atoms with Gasteiger partial charge in [-0.05, 0) is 13.0 Å². The zero-order valence-electron chi connectivity index (χ0n) is 16.0. The number of nitrogens with zero attached hydrogens (tertiary/aromatic N) is 5. The van der Waals surface area contributed by atoms with Crippen molar-refractivity contribution in [2.24, 2.45) is 0 Å². The van der Waals surface area contributed by atoms with E-state index in [4.69, 9.17) is 9.47 Å². The maximum atomic E-state index is 14.2. The molecular weight excluding hydrogens is 381 g/mol. The third-order valence-corrected chi connectivity index (χ3v) is 3.72. The van der Waals surface area contributed by atoms with Crippen molar-refractivity contribution in [2.45, 2.75) is 13.0 Å². The molecule has 3 aromatic rings. The van der Waals surface area contributed by atoms with Gasteiger partial charge in [-0.1, -0.05) is 0 Å². The first-order chi connectivity index (χ1) is 14.0. The van der Waals surface area contributed by atoms with Crippen LogP contribution in [0.1, 0.15) is 6.92 Å². The first kappa shape index (κ1) is 20.1. The van der Waals surface area contributed by atoms with Crippen LogP contribution in [0.2, 0.25) is 0 Å². The van der Waals surface area contributed by atoms with Crippen LogP contribution in [0.4, 0.5) is 21.8 Å². The highest BCUT2D eigenvalue weighted by Gasteiger charge is 2.14. The Labute approximate surface area is 166 Å². The van der Waals surface area contributed by atoms with E-state index in [1.54, 1.807) is 13.0 Å². The summed E-state index contributed by atoms with van der Waals surface area (Å²) in [4.78, 5) is 20.6. The lowest BCUT2D eigenvalue weighted by atomic mass is 10.2. The molecule has 29 heavy (non-hydrogen) atoms. The molecule has 10 nitrogen and oxygen atoms in total. The average molecular weight is 401 g/mol. The summed E-state index contributed by atoms with van der Waals surface area (Å²) in [6.45, 7) is 1.83. The predicted octanol–water partition coefficient (Wildman–Crippen LogP) is 2.02. The highest BCUT2D eigenvalue weighted by molar-refractivity contribution is 5.69. The largest absolute Gasteiger partial charge is 0.494 e. The van der Waals surface area contributed by atoms with Gasteiger partial charge in [-0.2, -0.15) is 4.98 Å². The van der Waals surface area contributed by atoms with Crippen LogP contribution in [-0.4, -0.2) is 56.9 Å². The van der Waals surface area contributed by atoms with Gasteiger partial charge >= 0.3 is 0 Å². The summed E-state index contributed by atoms with van der Waals surface area (Å²) >= 11 is 0. The Morgan fingerprint density at radius 3 is 2.48 bits per heavy atom. The fraction of sp³-hybridized carbons (Fsp3) is 0.278. The molecule has 0 aliphatic rings. The molecule has 152 valence electrons. The number of anilines is 3. The molecule has 3 N–H and O–H groups in total. The molecule has 11 heteroatoms. The van der Waals surface area contributed by atoms with E-state index in [1.165, 1.54) is 32.8 Å². The molecule has 0 unspecified atom stereocenters. The fourth-order valence-corrected chi connectivity index (χ4v) is 2.30. The average Bonchev–Trinajstić information content (AvgIpc) is 2.74. The van der Waals surface area contributed by atoms with Gasteiger partial charge in [0.1, 0.15) is 5.69 Å². The molecule has 0 aliphatic heterocycles. The molecular formula is C18H20FN7O3. The monoisotopic (exact) mass is 401 g/mol. The number of aromatic nitrogens is 5. The van der Waals surface area contributed by atoms with E-state index in [-0.39, 0.29) is 24.2 Å². The highest BCUT2D eigenvalue weighted by Crippen LogP contribution is 2.30. The van der Waals surface area contributed by atoms with Crippen LogP contribution in [0.5, 0.6) is 11.6 Å². The van der Waals surface area contributed by atoms with E-state index in [0.717, 1.165) is 6.20 Å². The van der Waals surface area contributed by atoms with Gasteiger partial charge in [0.25, 0.3) is 0 Å². The van der Waals surface area contributed by atoms with Crippen molar-refractivity contribution in [1.29, 1.82) is 0 Å². The van der Waals surface area contributed by atoms with Crippen LogP contribution in [0, 0.1) is 5.82 Å². The number of ether oxygens (including phenoxy) is 2. The zero-order chi connectivity index (χ0) is 20.8. The normalized spacial score (nSPS) is 11.6. The second kappa shape index (κ2) is 9.06. The van der Waals surface area contributed by atoms with Crippen LogP contribution in [0.25, 0.3) is 11.4 Å². The quantitative estimate of drug-likeness (QED) is 0.516. The van der Waals surface area contributed by atoms with Crippen LogP contribution >= 0.6 is 0 Å². The SMILES string of the molecule is COc1cnc(-c2cnc(OC)c(Nc3nc(NC[C@@H](C)O)ncc3F)c2)nc1. The van der Waals surface area contributed by atoms with Crippen molar-refractivity contribution in [2.75, 3.05) is 31.4 Å². The van der Waals surface area contributed by atoms with Gasteiger partial charge in [-0.3, -0.25) is 0 Å². The van der Waals surface area contributed by atoms with E-state index in [9.17, 15) is 9.50 Å². The smallest absolute Gasteiger partial charge is 0.237 e. The van der Waals surface area contributed by atoms with Crippen molar-refractivity contribution in [1.82, 2.24) is 24.9 Å². The number of hydrogen-bond acceptors (Lipinski definition) is 10. The van der Waals surface area contributed by atoms with E-state index < -0.39 is 11.9 Å². The number of methoxy groups -OCH3 is 2. The van der Waals surface area contributed by atoms with Gasteiger partial charge < -0.3 is 25.2 Å². The van der Waals surface area contributed by atoms with Gasteiger partial charge in [0, 0.05) is 18.3 Å². The van der Waals surface area contributed by atoms with Gasteiger partial charge in [-0.15, -0.1) is 0 Å². The van der Waals surface area contributed by atoms with Crippen LogP contribution in [0.3, 0.4) is 0 Å². The van der Waals surface area contributed by atoms with Crippen LogP contribution in [-0.2, 0) is 0 Å². The molecule has 1 atom stereocenters. The van der Waals surface area contributed by atoms with E-state index in [1.807, 2.05) is 0 Å². The third kappa shape index (κ3) is 5.02. The molecule has 3 rings (SSSR count). The van der Waals surface area contributed by atoms with E-state index in [0.29, 0.717) is 22.8 Å². The molecule has 3 aromatic heterocycles. The lowest BCUT2D eigenvalue weighted by molar-refractivity contribution is 0.208. The maximum Gasteiger partial charge on any atom is 0.237 e. The molecule has 0 saturated heterocycles. The minimum Gasteiger partial charge on any atom is -0.494 e. The summed E-state index contributed by atoms with van der Waals surface area (Å²) in [6, 6.07) is 1.66. The molecule has 0 aromatic carbocycles. The number of hydrogen-bond donors (Lipinski definition) is 3. The number of aliphatic hydroxyl groups excluding tert-OH is 1. The van der Waals surface area contributed by atoms with Crippen LogP contribution in [0.15, 0.2) is 30.9 Å². The third-order valence-electron chi connectivity index (χ3n) is 3.72. The van der Waals surface area contributed by atoms with Crippen molar-refractivity contribution in [3.8, 4) is 23.0 Å². The van der Waals surface area contributed by atoms with Gasteiger partial charge in [-0.25, -0.2) is 24.3 Å². The second-order valence-corrected chi connectivity index (χ2v) is 5.97. The summed E-state index contributed by atoms with van der Waals surface area (Å²) in [7, 11) is 2.97. The van der Waals surface area contributed by atoms with Crippen molar-refractivity contribution < 1.29 is 19.0 Å². The Morgan fingerprint density at radius 1 is 1.07 bits per heavy atom. The molecule has 0 spiro atoms. The van der Waals surface area contributed by atoms with Gasteiger partial charge in [0.2, 0.25) is 11.8 Å². The van der Waals surface area contributed by atoms with Crippen molar-refractivity contribution in [3.63, 3.8) is 0 Å². The molecule has 0 aliphatic carbocycles. The van der Waals surface area contributed by atoms with Crippen molar-refractivity contribution in [3.05, 3.63) is 36.7 Å². The highest BCUT2D eigenvalue weighted by atomic mass is 19.1. The van der Waals surface area contributed by atoms with Crippen molar-refractivity contribution >= 4 is 17.5 Å². The lowest BCUT2D eigenvalue weighted by Gasteiger charge is -2.13.